The van der Waals surface area contributed by atoms with E-state index in [-0.39, 0.29) is 81.6 Å². The van der Waals surface area contributed by atoms with Crippen LogP contribution >= 0.6 is 0 Å². The van der Waals surface area contributed by atoms with E-state index in [2.05, 4.69) is 13.8 Å². The number of rotatable bonds is 5. The lowest BCUT2D eigenvalue weighted by atomic mass is 9.35. The van der Waals surface area contributed by atoms with Crippen LogP contribution in [0.4, 0.5) is 0 Å². The van der Waals surface area contributed by atoms with E-state index in [1.54, 1.807) is 0 Å². The molecule has 0 spiro atoms. The maximum absolute atomic E-state index is 12.3. The minimum atomic E-state index is -0.394. The van der Waals surface area contributed by atoms with Crippen LogP contribution in [0.3, 0.4) is 0 Å². The molecule has 11 aliphatic carbocycles. The summed E-state index contributed by atoms with van der Waals surface area (Å²) in [5.74, 6) is 3.49. The second-order valence-corrected chi connectivity index (χ2v) is 20.8. The topological polar surface area (TPSA) is 121 Å². The zero-order valence-corrected chi connectivity index (χ0v) is 29.4. The molecule has 0 aromatic carbocycles. The van der Waals surface area contributed by atoms with Crippen molar-refractivity contribution in [3.63, 3.8) is 0 Å². The Morgan fingerprint density at radius 1 is 0.404 bits per heavy atom. The molecule has 0 heterocycles. The zero-order valence-electron chi connectivity index (χ0n) is 29.4. The highest BCUT2D eigenvalue weighted by Crippen LogP contribution is 2.75. The molecule has 6 heteroatoms. The van der Waals surface area contributed by atoms with Crippen LogP contribution in [0, 0.1) is 80.8 Å². The molecule has 16 atom stereocenters. The summed E-state index contributed by atoms with van der Waals surface area (Å²) in [7, 11) is 0. The van der Waals surface area contributed by atoms with Gasteiger partial charge in [0.15, 0.2) is 0 Å². The van der Waals surface area contributed by atoms with Gasteiger partial charge in [-0.25, -0.2) is 0 Å². The van der Waals surface area contributed by atoms with E-state index in [4.69, 9.17) is 0 Å². The maximum Gasteiger partial charge on any atom is 0.0578 e. The van der Waals surface area contributed by atoms with Crippen LogP contribution in [0.15, 0.2) is 0 Å². The molecular formula is C41H66O6. The smallest absolute Gasteiger partial charge is 0.0578 e. The van der Waals surface area contributed by atoms with Crippen LogP contribution in [0.1, 0.15) is 136 Å². The molecule has 266 valence electrons. The molecule has 11 saturated carbocycles. The van der Waals surface area contributed by atoms with Crippen molar-refractivity contribution < 1.29 is 30.6 Å². The van der Waals surface area contributed by atoms with Gasteiger partial charge in [-0.3, -0.25) is 0 Å². The summed E-state index contributed by atoms with van der Waals surface area (Å²) in [5.41, 5.74) is 0.230. The van der Waals surface area contributed by atoms with E-state index in [0.717, 1.165) is 32.1 Å². The van der Waals surface area contributed by atoms with Crippen molar-refractivity contribution in [2.45, 2.75) is 172 Å². The van der Waals surface area contributed by atoms with Gasteiger partial charge in [0.05, 0.1) is 36.6 Å². The van der Waals surface area contributed by atoms with Gasteiger partial charge in [-0.15, -0.1) is 0 Å². The minimum absolute atomic E-state index is 0.0451. The lowest BCUT2D eigenvalue weighted by Crippen LogP contribution is -2.64. The van der Waals surface area contributed by atoms with Gasteiger partial charge in [-0.05, 0) is 196 Å². The van der Waals surface area contributed by atoms with E-state index in [1.165, 1.54) is 64.2 Å². The van der Waals surface area contributed by atoms with Gasteiger partial charge in [-0.2, -0.15) is 0 Å². The van der Waals surface area contributed by atoms with Crippen LogP contribution in [0.25, 0.3) is 0 Å². The molecule has 6 nitrogen and oxygen atoms in total. The van der Waals surface area contributed by atoms with Crippen molar-refractivity contribution in [3.8, 4) is 0 Å². The summed E-state index contributed by atoms with van der Waals surface area (Å²) in [6.07, 6.45) is 17.2. The summed E-state index contributed by atoms with van der Waals surface area (Å²) in [4.78, 5) is 0. The molecule has 6 N–H and O–H groups in total. The van der Waals surface area contributed by atoms with Crippen LogP contribution in [0.2, 0.25) is 0 Å². The summed E-state index contributed by atoms with van der Waals surface area (Å²) in [5, 5.41) is 69.7. The number of aliphatic hydroxyl groups excluding tert-OH is 6. The molecule has 0 aliphatic heterocycles. The average molecular weight is 655 g/mol. The molecule has 11 fully saturated rings. The number of hydrogen-bond donors (Lipinski definition) is 6. The van der Waals surface area contributed by atoms with Crippen LogP contribution in [-0.4, -0.2) is 67.3 Å². The Balaban J connectivity index is 0.970. The molecule has 15 unspecified atom stereocenters. The Morgan fingerprint density at radius 2 is 0.723 bits per heavy atom. The summed E-state index contributed by atoms with van der Waals surface area (Å²) in [6.45, 7) is 4.21. The molecule has 11 rings (SSSR count). The van der Waals surface area contributed by atoms with Crippen molar-refractivity contribution in [2.75, 3.05) is 0 Å². The molecule has 0 aromatic rings. The fraction of sp³-hybridized carbons (Fsp3) is 1.00. The maximum atomic E-state index is 12.3. The second kappa shape index (κ2) is 11.1. The molecule has 0 saturated heterocycles. The third kappa shape index (κ3) is 4.90. The lowest BCUT2D eigenvalue weighted by molar-refractivity contribution is -0.235. The quantitative estimate of drug-likeness (QED) is 0.222. The van der Waals surface area contributed by atoms with E-state index in [0.29, 0.717) is 49.4 Å². The summed E-state index contributed by atoms with van der Waals surface area (Å²) in [6, 6.07) is 0. The first-order chi connectivity index (χ1) is 22.4. The summed E-state index contributed by atoms with van der Waals surface area (Å²) >= 11 is 0. The molecule has 8 bridgehead atoms. The predicted molar refractivity (Wildman–Crippen MR) is 180 cm³/mol. The van der Waals surface area contributed by atoms with Crippen molar-refractivity contribution in [2.24, 2.45) is 80.8 Å². The normalized spacial score (nSPS) is 63.1. The highest BCUT2D eigenvalue weighted by atomic mass is 16.3. The fourth-order valence-corrected chi connectivity index (χ4v) is 17.4. The van der Waals surface area contributed by atoms with Gasteiger partial charge in [0.25, 0.3) is 0 Å². The number of hydrogen-bond acceptors (Lipinski definition) is 6. The molecule has 0 amide bonds. The van der Waals surface area contributed by atoms with Crippen LogP contribution in [0.5, 0.6) is 0 Å². The lowest BCUT2D eigenvalue weighted by Gasteiger charge is -2.70. The van der Waals surface area contributed by atoms with Gasteiger partial charge in [-0.1, -0.05) is 20.3 Å². The van der Waals surface area contributed by atoms with Crippen molar-refractivity contribution in [1.29, 1.82) is 0 Å². The van der Waals surface area contributed by atoms with Crippen molar-refractivity contribution >= 4 is 0 Å². The van der Waals surface area contributed by atoms with Crippen LogP contribution in [-0.2, 0) is 0 Å². The summed E-state index contributed by atoms with van der Waals surface area (Å²) < 4.78 is 0. The van der Waals surface area contributed by atoms with E-state index in [9.17, 15) is 30.6 Å². The number of aliphatic hydroxyl groups is 6. The van der Waals surface area contributed by atoms with E-state index in [1.807, 2.05) is 0 Å². The van der Waals surface area contributed by atoms with Gasteiger partial charge >= 0.3 is 0 Å². The Hall–Kier alpha value is -0.240. The first kappa shape index (κ1) is 32.7. The largest absolute Gasteiger partial charge is 0.393 e. The SMILES string of the molecule is CCC1CC(O)C(C23CC4CC(C2)CC(C2CC(O)C(C56CC7CC(C5)CC(C5CC(O)[C@@H](C)CC5O)(C7)C6)CC2O)(C4)C3)CC1O. The van der Waals surface area contributed by atoms with Crippen molar-refractivity contribution in [3.05, 3.63) is 0 Å². The van der Waals surface area contributed by atoms with Gasteiger partial charge in [0, 0.05) is 0 Å². The predicted octanol–water partition coefficient (Wildman–Crippen LogP) is 5.83. The molecule has 47 heavy (non-hydrogen) atoms. The fourth-order valence-electron chi connectivity index (χ4n) is 17.4. The van der Waals surface area contributed by atoms with Crippen LogP contribution < -0.4 is 0 Å². The van der Waals surface area contributed by atoms with Gasteiger partial charge in [0.1, 0.15) is 0 Å². The first-order valence-electron chi connectivity index (χ1n) is 20.4. The molecule has 11 aliphatic rings. The first-order valence-corrected chi connectivity index (χ1v) is 20.4. The molecule has 0 radical (unpaired) electrons. The third-order valence-corrected chi connectivity index (χ3v) is 18.2. The van der Waals surface area contributed by atoms with E-state index < -0.39 is 12.2 Å². The highest BCUT2D eigenvalue weighted by Gasteiger charge is 2.68. The minimum Gasteiger partial charge on any atom is -0.393 e. The monoisotopic (exact) mass is 654 g/mol. The average Bonchev–Trinajstić information content (AvgIpc) is 2.99. The van der Waals surface area contributed by atoms with E-state index >= 15 is 0 Å². The second-order valence-electron chi connectivity index (χ2n) is 20.8. The Bertz CT molecular complexity index is 1170. The molecular weight excluding hydrogens is 588 g/mol. The zero-order chi connectivity index (χ0) is 32.7. The van der Waals surface area contributed by atoms with Crippen molar-refractivity contribution in [1.82, 2.24) is 0 Å². The standard InChI is InChI=1S/C41H66O6/c1-3-27-7-35(45)29(9-33(27)43)39-14-25-6-26(15-39)19-41(18-25,21-39)31-11-36(46)30(10-37(31)47)40-16-23-5-24(17-40)13-38(12-23,20-40)28-8-32(42)22(2)4-34(28)44/h22-37,42-47H,3-21H2,1-2H3/t22-,23?,24?,25?,26?,27?,28?,29?,30?,31?,32?,33?,34?,35?,36?,37?,38?,39?,40?,41?/m0/s1. The highest BCUT2D eigenvalue weighted by molar-refractivity contribution is 5.18. The Morgan fingerprint density at radius 3 is 1.11 bits per heavy atom. The van der Waals surface area contributed by atoms with Gasteiger partial charge < -0.3 is 30.6 Å². The Labute approximate surface area is 283 Å². The molecule has 0 aromatic heterocycles. The third-order valence-electron chi connectivity index (χ3n) is 18.2. The Kier molecular flexibility index (Phi) is 7.73. The van der Waals surface area contributed by atoms with Gasteiger partial charge in [0.2, 0.25) is 0 Å².